The van der Waals surface area contributed by atoms with E-state index in [1.165, 1.54) is 12.8 Å². The van der Waals surface area contributed by atoms with Gasteiger partial charge in [-0.25, -0.2) is 0 Å². The van der Waals surface area contributed by atoms with Gasteiger partial charge < -0.3 is 15.1 Å². The highest BCUT2D eigenvalue weighted by atomic mass is 16.2. The summed E-state index contributed by atoms with van der Waals surface area (Å²) in [5.41, 5.74) is 0. The Morgan fingerprint density at radius 2 is 1.92 bits per heavy atom. The predicted molar refractivity (Wildman–Crippen MR) is 103 cm³/mol. The summed E-state index contributed by atoms with van der Waals surface area (Å²) in [4.78, 5) is 31.9. The molecule has 1 N–H and O–H groups in total. The predicted octanol–water partition coefficient (Wildman–Crippen LogP) is 1.17. The van der Waals surface area contributed by atoms with Crippen molar-refractivity contribution < 1.29 is 9.59 Å². The Hall–Kier alpha value is -1.14. The molecule has 0 unspecified atom stereocenters. The van der Waals surface area contributed by atoms with Crippen LogP contribution in [0.15, 0.2) is 0 Å². The third-order valence-electron chi connectivity index (χ3n) is 6.31. The Morgan fingerprint density at radius 1 is 1.23 bits per heavy atom. The Kier molecular flexibility index (Phi) is 6.56. The van der Waals surface area contributed by atoms with E-state index >= 15 is 0 Å². The molecule has 0 aromatic carbocycles. The van der Waals surface area contributed by atoms with Crippen molar-refractivity contribution in [1.29, 1.82) is 0 Å². The van der Waals surface area contributed by atoms with E-state index in [2.05, 4.69) is 36.0 Å². The zero-order valence-electron chi connectivity index (χ0n) is 16.7. The van der Waals surface area contributed by atoms with Gasteiger partial charge in [-0.15, -0.1) is 0 Å². The second kappa shape index (κ2) is 8.70. The van der Waals surface area contributed by atoms with Gasteiger partial charge in [0.05, 0.1) is 12.6 Å². The molecule has 3 aliphatic rings. The van der Waals surface area contributed by atoms with Crippen LogP contribution in [0.5, 0.6) is 0 Å². The Bertz CT molecular complexity index is 500. The summed E-state index contributed by atoms with van der Waals surface area (Å²) >= 11 is 0. The average Bonchev–Trinajstić information content (AvgIpc) is 3.45. The molecule has 2 amide bonds. The highest BCUT2D eigenvalue weighted by Gasteiger charge is 2.36. The fourth-order valence-corrected chi connectivity index (χ4v) is 4.28. The summed E-state index contributed by atoms with van der Waals surface area (Å²) in [6, 6.07) is 0.639. The lowest BCUT2D eigenvalue weighted by Crippen LogP contribution is -2.50. The van der Waals surface area contributed by atoms with Crippen LogP contribution in [0.4, 0.5) is 0 Å². The van der Waals surface area contributed by atoms with Crippen LogP contribution >= 0.6 is 0 Å². The molecule has 0 bridgehead atoms. The van der Waals surface area contributed by atoms with E-state index in [1.807, 2.05) is 4.90 Å². The van der Waals surface area contributed by atoms with Crippen molar-refractivity contribution in [1.82, 2.24) is 20.0 Å². The maximum Gasteiger partial charge on any atom is 0.236 e. The Labute approximate surface area is 158 Å². The molecule has 2 saturated heterocycles. The average molecular weight is 365 g/mol. The van der Waals surface area contributed by atoms with Crippen molar-refractivity contribution >= 4 is 11.8 Å². The van der Waals surface area contributed by atoms with E-state index in [9.17, 15) is 9.59 Å². The first kappa shape index (κ1) is 19.6. The van der Waals surface area contributed by atoms with Gasteiger partial charge in [0.25, 0.3) is 0 Å². The molecule has 6 heteroatoms. The Balaban J connectivity index is 1.61. The Morgan fingerprint density at radius 3 is 2.54 bits per heavy atom. The number of piperidine rings is 1. The lowest BCUT2D eigenvalue weighted by molar-refractivity contribution is -0.134. The maximum atomic E-state index is 13.0. The molecular weight excluding hydrogens is 328 g/mol. The van der Waals surface area contributed by atoms with Gasteiger partial charge in [-0.05, 0) is 57.7 Å². The number of rotatable bonds is 6. The van der Waals surface area contributed by atoms with E-state index in [0.29, 0.717) is 43.9 Å². The van der Waals surface area contributed by atoms with Crippen LogP contribution < -0.4 is 5.32 Å². The minimum absolute atomic E-state index is 0.152. The summed E-state index contributed by atoms with van der Waals surface area (Å²) in [5, 5.41) is 3.38. The lowest BCUT2D eigenvalue weighted by Gasteiger charge is -2.36. The van der Waals surface area contributed by atoms with Crippen molar-refractivity contribution in [3.05, 3.63) is 0 Å². The van der Waals surface area contributed by atoms with Crippen LogP contribution in [-0.4, -0.2) is 84.9 Å². The van der Waals surface area contributed by atoms with Gasteiger partial charge in [0.2, 0.25) is 11.8 Å². The van der Waals surface area contributed by atoms with Gasteiger partial charge >= 0.3 is 0 Å². The fraction of sp³-hybridized carbons (Fsp3) is 0.900. The van der Waals surface area contributed by atoms with Crippen LogP contribution in [0.25, 0.3) is 0 Å². The monoisotopic (exact) mass is 364 g/mol. The number of hydrogen-bond acceptors (Lipinski definition) is 4. The number of likely N-dealkylation sites (N-methyl/N-ethyl adjacent to an activating group) is 1. The van der Waals surface area contributed by atoms with Gasteiger partial charge in [0.15, 0.2) is 0 Å². The molecule has 0 aromatic heterocycles. The summed E-state index contributed by atoms with van der Waals surface area (Å²) in [5.74, 6) is 1.47. The number of amides is 2. The van der Waals surface area contributed by atoms with E-state index in [4.69, 9.17) is 0 Å². The van der Waals surface area contributed by atoms with E-state index in [-0.39, 0.29) is 17.9 Å². The number of hydrogen-bond donors (Lipinski definition) is 1. The fourth-order valence-electron chi connectivity index (χ4n) is 4.28. The SMILES string of the molecule is CC(C)[C@@H]1CN(C(=O)CN(C)C2CCNCC2)CCC(=O)N1CC1CC1. The van der Waals surface area contributed by atoms with Gasteiger partial charge in [0, 0.05) is 32.1 Å². The summed E-state index contributed by atoms with van der Waals surface area (Å²) in [6.07, 6.45) is 5.17. The first-order valence-corrected chi connectivity index (χ1v) is 10.4. The first-order chi connectivity index (χ1) is 12.5. The minimum atomic E-state index is 0.152. The number of nitrogens with one attached hydrogen (secondary N) is 1. The molecule has 3 fully saturated rings. The summed E-state index contributed by atoms with van der Waals surface area (Å²) < 4.78 is 0. The molecule has 0 aromatic rings. The second-order valence-corrected chi connectivity index (χ2v) is 8.79. The summed E-state index contributed by atoms with van der Waals surface area (Å²) in [6.45, 7) is 9.03. The van der Waals surface area contributed by atoms with E-state index in [1.54, 1.807) is 0 Å². The molecule has 1 saturated carbocycles. The third-order valence-corrected chi connectivity index (χ3v) is 6.31. The molecule has 2 heterocycles. The zero-order valence-corrected chi connectivity index (χ0v) is 16.7. The van der Waals surface area contributed by atoms with Crippen LogP contribution in [-0.2, 0) is 9.59 Å². The highest BCUT2D eigenvalue weighted by molar-refractivity contribution is 5.81. The van der Waals surface area contributed by atoms with Crippen molar-refractivity contribution in [3.8, 4) is 0 Å². The van der Waals surface area contributed by atoms with Crippen molar-refractivity contribution in [3.63, 3.8) is 0 Å². The smallest absolute Gasteiger partial charge is 0.236 e. The van der Waals surface area contributed by atoms with Gasteiger partial charge in [-0.2, -0.15) is 0 Å². The van der Waals surface area contributed by atoms with E-state index in [0.717, 1.165) is 32.5 Å². The molecule has 1 aliphatic carbocycles. The normalized spacial score (nSPS) is 25.9. The molecule has 6 nitrogen and oxygen atoms in total. The molecule has 0 spiro atoms. The van der Waals surface area contributed by atoms with Crippen molar-refractivity contribution in [2.45, 2.75) is 58.0 Å². The van der Waals surface area contributed by atoms with Crippen LogP contribution in [0.3, 0.4) is 0 Å². The lowest BCUT2D eigenvalue weighted by atomic mass is 10.0. The van der Waals surface area contributed by atoms with Gasteiger partial charge in [-0.3, -0.25) is 14.5 Å². The number of carbonyl (C=O) groups is 2. The molecule has 148 valence electrons. The van der Waals surface area contributed by atoms with Crippen LogP contribution in [0, 0.1) is 11.8 Å². The first-order valence-electron chi connectivity index (χ1n) is 10.4. The second-order valence-electron chi connectivity index (χ2n) is 8.79. The van der Waals surface area contributed by atoms with Crippen LogP contribution in [0.1, 0.15) is 46.0 Å². The molecule has 26 heavy (non-hydrogen) atoms. The standard InChI is InChI=1S/C20H36N4O2/c1-15(2)18-13-23(11-8-19(25)24(18)12-16-4-5-16)20(26)14-22(3)17-6-9-21-10-7-17/h15-18,21H,4-14H2,1-3H3/t18-/m0/s1. The quantitative estimate of drug-likeness (QED) is 0.769. The highest BCUT2D eigenvalue weighted by Crippen LogP contribution is 2.32. The third kappa shape index (κ3) is 4.97. The van der Waals surface area contributed by atoms with Gasteiger partial charge in [-0.1, -0.05) is 13.8 Å². The van der Waals surface area contributed by atoms with E-state index < -0.39 is 0 Å². The topological polar surface area (TPSA) is 55.9 Å². The number of carbonyl (C=O) groups excluding carboxylic acids is 2. The van der Waals surface area contributed by atoms with Gasteiger partial charge in [0.1, 0.15) is 0 Å². The summed E-state index contributed by atoms with van der Waals surface area (Å²) in [7, 11) is 2.07. The molecule has 0 radical (unpaired) electrons. The number of nitrogens with zero attached hydrogens (tertiary/aromatic N) is 3. The van der Waals surface area contributed by atoms with Crippen molar-refractivity contribution in [2.24, 2.45) is 11.8 Å². The maximum absolute atomic E-state index is 13.0. The van der Waals surface area contributed by atoms with Crippen molar-refractivity contribution in [2.75, 3.05) is 46.3 Å². The minimum Gasteiger partial charge on any atom is -0.339 e. The largest absolute Gasteiger partial charge is 0.339 e. The molecular formula is C20H36N4O2. The molecule has 1 atom stereocenters. The van der Waals surface area contributed by atoms with Crippen LogP contribution in [0.2, 0.25) is 0 Å². The molecule has 2 aliphatic heterocycles. The zero-order chi connectivity index (χ0) is 18.7. The molecule has 3 rings (SSSR count).